The summed E-state index contributed by atoms with van der Waals surface area (Å²) in [4.78, 5) is 52.0. The largest absolute Gasteiger partial charge is 0.477 e. The number of aliphatic carboxylic acids is 1. The SMILES string of the molecule is CCCCCCCC/C=C\CCCCCCCC(=O)N[C@@H](CO[C@@H]1O[C@H](CO)[C@@H](O[C@@H]2O[C@H](CO)[C@H](O[C@@H]3O[C@H](CO)[C@H](O)[C@H](O)[C@H]3CC(C)=O)[C@H](O[C@]3(C(=O)O)C[C@H](O)[C@@H](NC(C)=O)C([C@H](O)[C@H](O)CO)O3)[C@H]2O)[C@H](O)[C@H]1O)[C@H](O)CCCCCCCCCCCCCCC. The standard InChI is InChI=1S/C68H122N2O26/c1-5-7-9-11-13-15-17-19-20-22-24-26-28-30-32-34-52(80)70-45(46(77)33-31-29-27-25-23-21-18-16-14-12-10-8-6-2)41-89-65-58(85)57(84)60(50(39-73)91-65)93-66-59(86)63(61(51(40-74)92-66)94-64-44(35-42(3)75)54(81)56(83)49(38-72)90-64)96-68(67(87)88)36-47(78)53(69-43(4)76)62(95-68)55(82)48(79)37-71/h19-20,44-51,53-66,71-74,77-79,81-86H,5-18,21-41H2,1-4H3,(H,69,76)(H,70,80)(H,87,88)/b20-19-/t44-,45+,46-,47+,48-,49-,50-,51-,53-,54-,55-,56+,57-,58-,59-,60-,61+,62?,63-,64+,65-,66+,68+/m1/s1. The minimum atomic E-state index is -3.26. The summed E-state index contributed by atoms with van der Waals surface area (Å²) in [5.74, 6) is -8.52. The van der Waals surface area contributed by atoms with E-state index in [4.69, 9.17) is 37.9 Å². The Balaban J connectivity index is 1.54. The first-order valence-corrected chi connectivity index (χ1v) is 35.8. The van der Waals surface area contributed by atoms with Crippen molar-refractivity contribution in [3.63, 3.8) is 0 Å². The predicted molar refractivity (Wildman–Crippen MR) is 347 cm³/mol. The number of carbonyl (C=O) groups is 4. The second-order valence-electron chi connectivity index (χ2n) is 26.8. The summed E-state index contributed by atoms with van der Waals surface area (Å²) < 4.78 is 48.1. The number of ketones is 1. The number of nitrogens with one attached hydrogen (secondary N) is 2. The lowest BCUT2D eigenvalue weighted by Crippen LogP contribution is -2.71. The number of rotatable bonds is 50. The van der Waals surface area contributed by atoms with Crippen molar-refractivity contribution in [2.24, 2.45) is 5.92 Å². The number of allylic oxidation sites excluding steroid dienone is 2. The average Bonchev–Trinajstić information content (AvgIpc) is 0.752. The number of aliphatic hydroxyl groups is 13. The quantitative estimate of drug-likeness (QED) is 0.0307. The maximum Gasteiger partial charge on any atom is 0.364 e. The van der Waals surface area contributed by atoms with Gasteiger partial charge < -0.3 is 125 Å². The summed E-state index contributed by atoms with van der Waals surface area (Å²) in [7, 11) is 0. The third-order valence-electron chi connectivity index (χ3n) is 18.8. The maximum atomic E-state index is 13.6. The highest BCUT2D eigenvalue weighted by atomic mass is 16.8. The highest BCUT2D eigenvalue weighted by Crippen LogP contribution is 2.41. The normalized spacial score (nSPS) is 32.4. The molecule has 16 N–H and O–H groups in total. The molecule has 96 heavy (non-hydrogen) atoms. The molecule has 4 rings (SSSR count). The van der Waals surface area contributed by atoms with Gasteiger partial charge >= 0.3 is 5.97 Å². The van der Waals surface area contributed by atoms with Crippen molar-refractivity contribution in [1.29, 1.82) is 0 Å². The number of carboxylic acids is 1. The van der Waals surface area contributed by atoms with Gasteiger partial charge in [0.05, 0.1) is 63.4 Å². The van der Waals surface area contributed by atoms with Crippen LogP contribution in [0, 0.1) is 5.92 Å². The van der Waals surface area contributed by atoms with Gasteiger partial charge in [-0.05, 0) is 45.4 Å². The van der Waals surface area contributed by atoms with E-state index in [1.165, 1.54) is 89.9 Å². The molecular weight excluding hydrogens is 1260 g/mol. The lowest BCUT2D eigenvalue weighted by molar-refractivity contribution is -0.403. The number of Topliss-reactive ketones (excluding diaryl/α,β-unsaturated/α-hetero) is 1. The van der Waals surface area contributed by atoms with E-state index in [1.54, 1.807) is 0 Å². The Morgan fingerprint density at radius 2 is 1.06 bits per heavy atom. The fraction of sp³-hybridized carbons (Fsp3) is 0.912. The van der Waals surface area contributed by atoms with E-state index in [2.05, 4.69) is 36.6 Å². The zero-order chi connectivity index (χ0) is 70.7. The summed E-state index contributed by atoms with van der Waals surface area (Å²) in [6.07, 6.45) is -5.01. The molecule has 560 valence electrons. The summed E-state index contributed by atoms with van der Waals surface area (Å²) >= 11 is 0. The molecule has 0 saturated carbocycles. The van der Waals surface area contributed by atoms with Gasteiger partial charge in [0, 0.05) is 32.1 Å². The first-order valence-electron chi connectivity index (χ1n) is 35.8. The van der Waals surface area contributed by atoms with E-state index >= 15 is 0 Å². The van der Waals surface area contributed by atoms with Gasteiger partial charge in [-0.3, -0.25) is 9.59 Å². The monoisotopic (exact) mass is 1380 g/mol. The predicted octanol–water partition coefficient (Wildman–Crippen LogP) is 2.22. The topological polar surface area (TPSA) is 449 Å². The van der Waals surface area contributed by atoms with Gasteiger partial charge in [0.1, 0.15) is 85.1 Å². The zero-order valence-electron chi connectivity index (χ0n) is 57.3. The molecule has 4 aliphatic heterocycles. The van der Waals surface area contributed by atoms with E-state index in [0.717, 1.165) is 78.1 Å². The summed E-state index contributed by atoms with van der Waals surface area (Å²) in [5.41, 5.74) is 0. The molecule has 4 heterocycles. The van der Waals surface area contributed by atoms with Gasteiger partial charge in [0.25, 0.3) is 5.79 Å². The van der Waals surface area contributed by atoms with Crippen LogP contribution in [0.5, 0.6) is 0 Å². The highest BCUT2D eigenvalue weighted by molar-refractivity contribution is 5.77. The molecule has 0 radical (unpaired) electrons. The van der Waals surface area contributed by atoms with Crippen LogP contribution in [0.15, 0.2) is 12.2 Å². The smallest absolute Gasteiger partial charge is 0.364 e. The van der Waals surface area contributed by atoms with Crippen LogP contribution in [0.4, 0.5) is 0 Å². The molecule has 1 unspecified atom stereocenters. The van der Waals surface area contributed by atoms with Crippen LogP contribution >= 0.6 is 0 Å². The molecule has 4 aliphatic rings. The Bertz CT molecular complexity index is 2170. The lowest BCUT2D eigenvalue weighted by atomic mass is 9.87. The lowest BCUT2D eigenvalue weighted by Gasteiger charge is -2.52. The Morgan fingerprint density at radius 1 is 0.562 bits per heavy atom. The number of aliphatic hydroxyl groups excluding tert-OH is 13. The first kappa shape index (κ1) is 85.4. The zero-order valence-corrected chi connectivity index (χ0v) is 57.3. The van der Waals surface area contributed by atoms with E-state index in [-0.39, 0.29) is 12.3 Å². The van der Waals surface area contributed by atoms with E-state index < -0.39 is 204 Å². The van der Waals surface area contributed by atoms with Crippen molar-refractivity contribution in [1.82, 2.24) is 10.6 Å². The molecule has 28 nitrogen and oxygen atoms in total. The number of ether oxygens (including phenoxy) is 8. The van der Waals surface area contributed by atoms with E-state index in [0.29, 0.717) is 19.3 Å². The Hall–Kier alpha value is -3.02. The number of carbonyl (C=O) groups excluding carboxylic acids is 3. The number of amides is 2. The van der Waals surface area contributed by atoms with Crippen LogP contribution in [-0.2, 0) is 57.1 Å². The highest BCUT2D eigenvalue weighted by Gasteiger charge is 2.61. The van der Waals surface area contributed by atoms with E-state index in [9.17, 15) is 90.7 Å². The third-order valence-corrected chi connectivity index (χ3v) is 18.8. The average molecular weight is 1380 g/mol. The summed E-state index contributed by atoms with van der Waals surface area (Å²) in [6.45, 7) is 1.97. The van der Waals surface area contributed by atoms with Crippen LogP contribution < -0.4 is 10.6 Å². The summed E-state index contributed by atoms with van der Waals surface area (Å²) in [6, 6.07) is -2.70. The molecule has 0 aromatic rings. The number of hydrogen-bond donors (Lipinski definition) is 16. The van der Waals surface area contributed by atoms with Crippen molar-refractivity contribution in [2.75, 3.05) is 33.0 Å². The van der Waals surface area contributed by atoms with Gasteiger partial charge in [-0.25, -0.2) is 4.79 Å². The van der Waals surface area contributed by atoms with Crippen molar-refractivity contribution < 1.29 is 129 Å². The van der Waals surface area contributed by atoms with Crippen molar-refractivity contribution >= 4 is 23.6 Å². The molecule has 23 atom stereocenters. The molecule has 0 spiro atoms. The van der Waals surface area contributed by atoms with Crippen LogP contribution in [0.25, 0.3) is 0 Å². The van der Waals surface area contributed by atoms with Crippen LogP contribution in [0.2, 0.25) is 0 Å². The fourth-order valence-corrected chi connectivity index (χ4v) is 13.1. The Kier molecular flexibility index (Phi) is 41.3. The number of hydrogen-bond acceptors (Lipinski definition) is 25. The van der Waals surface area contributed by atoms with Gasteiger partial charge in [-0.2, -0.15) is 0 Å². The third kappa shape index (κ3) is 27.7. The second-order valence-corrected chi connectivity index (χ2v) is 26.8. The number of carboxylic acid groups (broad SMARTS) is 1. The minimum Gasteiger partial charge on any atom is -0.477 e. The van der Waals surface area contributed by atoms with Gasteiger partial charge in [0.15, 0.2) is 18.9 Å². The second kappa shape index (κ2) is 46.5. The molecular formula is C68H122N2O26. The molecule has 0 bridgehead atoms. The van der Waals surface area contributed by atoms with Crippen LogP contribution in [0.1, 0.15) is 220 Å². The van der Waals surface area contributed by atoms with Crippen LogP contribution in [-0.4, -0.2) is 262 Å². The molecule has 0 aromatic carbocycles. The molecule has 4 fully saturated rings. The van der Waals surface area contributed by atoms with Crippen molar-refractivity contribution in [3.05, 3.63) is 12.2 Å². The number of unbranched alkanes of at least 4 members (excludes halogenated alkanes) is 23. The van der Waals surface area contributed by atoms with Crippen LogP contribution in [0.3, 0.4) is 0 Å². The molecule has 0 aliphatic carbocycles. The minimum absolute atomic E-state index is 0.175. The Morgan fingerprint density at radius 3 is 1.58 bits per heavy atom. The van der Waals surface area contributed by atoms with Gasteiger partial charge in [0.2, 0.25) is 11.8 Å². The maximum absolute atomic E-state index is 13.6. The van der Waals surface area contributed by atoms with E-state index in [1.807, 2.05) is 0 Å². The molecule has 28 heteroatoms. The first-order chi connectivity index (χ1) is 46.0. The van der Waals surface area contributed by atoms with Crippen molar-refractivity contribution in [2.45, 2.75) is 355 Å². The fourth-order valence-electron chi connectivity index (χ4n) is 13.1. The Labute approximate surface area is 566 Å². The van der Waals surface area contributed by atoms with Gasteiger partial charge in [-0.1, -0.05) is 161 Å². The summed E-state index contributed by atoms with van der Waals surface area (Å²) in [5, 5.41) is 161. The molecule has 2 amide bonds. The van der Waals surface area contributed by atoms with Gasteiger partial charge in [-0.15, -0.1) is 0 Å². The molecule has 4 saturated heterocycles. The molecule has 0 aromatic heterocycles. The van der Waals surface area contributed by atoms with Crippen molar-refractivity contribution in [3.8, 4) is 0 Å².